The maximum atomic E-state index is 13.0. The van der Waals surface area contributed by atoms with Crippen LogP contribution in [0.5, 0.6) is 5.75 Å². The Morgan fingerprint density at radius 2 is 1.65 bits per heavy atom. The number of nitrogens with one attached hydrogen (secondary N) is 2. The average Bonchev–Trinajstić information content (AvgIpc) is 2.64. The van der Waals surface area contributed by atoms with Crippen LogP contribution in [0.2, 0.25) is 0 Å². The summed E-state index contributed by atoms with van der Waals surface area (Å²) < 4.78 is 18.1. The zero-order valence-electron chi connectivity index (χ0n) is 14.3. The minimum atomic E-state index is -0.403. The summed E-state index contributed by atoms with van der Waals surface area (Å²) in [6.45, 7) is 1.70. The highest BCUT2D eigenvalue weighted by Gasteiger charge is 2.11. The Bertz CT molecular complexity index is 912. The third kappa shape index (κ3) is 4.32. The van der Waals surface area contributed by atoms with Crippen molar-refractivity contribution in [2.45, 2.75) is 6.92 Å². The molecule has 0 aliphatic carbocycles. The predicted molar refractivity (Wildman–Crippen MR) is 97.4 cm³/mol. The normalized spacial score (nSPS) is 10.3. The van der Waals surface area contributed by atoms with Crippen LogP contribution in [0.4, 0.5) is 21.6 Å². The smallest absolute Gasteiger partial charge is 0.274 e. The fourth-order valence-electron chi connectivity index (χ4n) is 2.30. The Hall–Kier alpha value is -3.48. The van der Waals surface area contributed by atoms with Crippen LogP contribution in [0, 0.1) is 12.7 Å². The van der Waals surface area contributed by atoms with E-state index in [1.807, 2.05) is 24.3 Å². The summed E-state index contributed by atoms with van der Waals surface area (Å²) in [5.74, 6) is 0.917. The molecule has 0 saturated heterocycles. The molecule has 1 aromatic heterocycles. The SMILES string of the molecule is COc1ccc(Nc2cc(C(=O)Nc3ccc(F)cc3)nc(C)n2)cc1. The molecule has 0 aliphatic rings. The standard InChI is InChI=1S/C19H17FN4O2/c1-12-21-17(19(25)24-15-5-3-13(20)4-6-15)11-18(22-12)23-14-7-9-16(26-2)10-8-14/h3-11H,1-2H3,(H,24,25)(H,21,22,23). The number of methoxy groups -OCH3 is 1. The van der Waals surface area contributed by atoms with Crippen LogP contribution >= 0.6 is 0 Å². The molecule has 0 saturated carbocycles. The summed E-state index contributed by atoms with van der Waals surface area (Å²) in [5.41, 5.74) is 1.49. The van der Waals surface area contributed by atoms with Gasteiger partial charge in [-0.05, 0) is 55.5 Å². The van der Waals surface area contributed by atoms with E-state index in [-0.39, 0.29) is 11.5 Å². The second kappa shape index (κ2) is 7.60. The van der Waals surface area contributed by atoms with E-state index in [0.717, 1.165) is 11.4 Å². The summed E-state index contributed by atoms with van der Waals surface area (Å²) in [4.78, 5) is 20.8. The summed E-state index contributed by atoms with van der Waals surface area (Å²) >= 11 is 0. The molecule has 2 aromatic carbocycles. The van der Waals surface area contributed by atoms with Gasteiger partial charge in [-0.25, -0.2) is 14.4 Å². The first kappa shape index (κ1) is 17.3. The number of hydrogen-bond acceptors (Lipinski definition) is 5. The number of nitrogens with zero attached hydrogens (tertiary/aromatic N) is 2. The van der Waals surface area contributed by atoms with Gasteiger partial charge in [0.15, 0.2) is 0 Å². The number of ether oxygens (including phenoxy) is 1. The molecule has 0 bridgehead atoms. The van der Waals surface area contributed by atoms with E-state index in [4.69, 9.17) is 4.74 Å². The number of hydrogen-bond donors (Lipinski definition) is 2. The average molecular weight is 352 g/mol. The monoisotopic (exact) mass is 352 g/mol. The lowest BCUT2D eigenvalue weighted by atomic mass is 10.2. The first-order valence-corrected chi connectivity index (χ1v) is 7.87. The molecule has 26 heavy (non-hydrogen) atoms. The summed E-state index contributed by atoms with van der Waals surface area (Å²) in [6, 6.07) is 14.4. The maximum Gasteiger partial charge on any atom is 0.274 e. The van der Waals surface area contributed by atoms with E-state index in [0.29, 0.717) is 17.3 Å². The van der Waals surface area contributed by atoms with Gasteiger partial charge in [0.1, 0.15) is 28.9 Å². The molecular formula is C19H17FN4O2. The van der Waals surface area contributed by atoms with Crippen molar-refractivity contribution in [3.8, 4) is 5.75 Å². The molecule has 0 fully saturated rings. The Balaban J connectivity index is 1.77. The van der Waals surface area contributed by atoms with Crippen LogP contribution in [-0.2, 0) is 0 Å². The summed E-state index contributed by atoms with van der Waals surface area (Å²) in [7, 11) is 1.60. The number of anilines is 3. The van der Waals surface area contributed by atoms with Crippen molar-refractivity contribution in [1.82, 2.24) is 9.97 Å². The zero-order valence-corrected chi connectivity index (χ0v) is 14.3. The lowest BCUT2D eigenvalue weighted by Crippen LogP contribution is -2.15. The molecule has 3 rings (SSSR count). The van der Waals surface area contributed by atoms with Crippen LogP contribution in [0.15, 0.2) is 54.6 Å². The molecule has 132 valence electrons. The second-order valence-corrected chi connectivity index (χ2v) is 5.50. The van der Waals surface area contributed by atoms with Crippen molar-refractivity contribution >= 4 is 23.1 Å². The second-order valence-electron chi connectivity index (χ2n) is 5.50. The van der Waals surface area contributed by atoms with E-state index < -0.39 is 5.91 Å². The van der Waals surface area contributed by atoms with Gasteiger partial charge in [-0.2, -0.15) is 0 Å². The van der Waals surface area contributed by atoms with Crippen LogP contribution in [0.25, 0.3) is 0 Å². The van der Waals surface area contributed by atoms with Gasteiger partial charge in [0.2, 0.25) is 0 Å². The molecule has 3 aromatic rings. The third-order valence-electron chi connectivity index (χ3n) is 3.54. The largest absolute Gasteiger partial charge is 0.497 e. The van der Waals surface area contributed by atoms with Crippen molar-refractivity contribution < 1.29 is 13.9 Å². The molecule has 0 unspecified atom stereocenters. The van der Waals surface area contributed by atoms with Gasteiger partial charge >= 0.3 is 0 Å². The van der Waals surface area contributed by atoms with Crippen LogP contribution < -0.4 is 15.4 Å². The van der Waals surface area contributed by atoms with Gasteiger partial charge in [-0.15, -0.1) is 0 Å². The molecule has 1 amide bonds. The van der Waals surface area contributed by atoms with E-state index in [2.05, 4.69) is 20.6 Å². The number of carbonyl (C=O) groups is 1. The van der Waals surface area contributed by atoms with Gasteiger partial charge < -0.3 is 15.4 Å². The highest BCUT2D eigenvalue weighted by Crippen LogP contribution is 2.19. The van der Waals surface area contributed by atoms with Crippen molar-refractivity contribution in [3.63, 3.8) is 0 Å². The number of carbonyl (C=O) groups excluding carboxylic acids is 1. The molecule has 0 spiro atoms. The third-order valence-corrected chi connectivity index (χ3v) is 3.54. The first-order chi connectivity index (χ1) is 12.5. The molecule has 2 N–H and O–H groups in total. The number of aryl methyl sites for hydroxylation is 1. The number of halogens is 1. The van der Waals surface area contributed by atoms with E-state index in [9.17, 15) is 9.18 Å². The van der Waals surface area contributed by atoms with Crippen molar-refractivity contribution in [2.75, 3.05) is 17.7 Å². The van der Waals surface area contributed by atoms with Crippen LogP contribution in [-0.4, -0.2) is 23.0 Å². The van der Waals surface area contributed by atoms with E-state index in [1.54, 1.807) is 20.1 Å². The highest BCUT2D eigenvalue weighted by atomic mass is 19.1. The van der Waals surface area contributed by atoms with Gasteiger partial charge in [-0.3, -0.25) is 4.79 Å². The molecule has 1 heterocycles. The number of amides is 1. The lowest BCUT2D eigenvalue weighted by molar-refractivity contribution is 0.102. The minimum Gasteiger partial charge on any atom is -0.497 e. The molecule has 0 radical (unpaired) electrons. The van der Waals surface area contributed by atoms with Gasteiger partial charge in [0.05, 0.1) is 7.11 Å². The fourth-order valence-corrected chi connectivity index (χ4v) is 2.30. The topological polar surface area (TPSA) is 76.1 Å². The number of rotatable bonds is 5. The Kier molecular flexibility index (Phi) is 5.07. The zero-order chi connectivity index (χ0) is 18.5. The maximum absolute atomic E-state index is 13.0. The fraction of sp³-hybridized carbons (Fsp3) is 0.105. The highest BCUT2D eigenvalue weighted by molar-refractivity contribution is 6.03. The lowest BCUT2D eigenvalue weighted by Gasteiger charge is -2.10. The van der Waals surface area contributed by atoms with Crippen LogP contribution in [0.3, 0.4) is 0 Å². The van der Waals surface area contributed by atoms with Crippen molar-refractivity contribution in [2.24, 2.45) is 0 Å². The molecule has 0 atom stereocenters. The summed E-state index contributed by atoms with van der Waals surface area (Å²) in [5, 5.41) is 5.81. The number of benzene rings is 2. The Morgan fingerprint density at radius 3 is 2.31 bits per heavy atom. The molecule has 0 aliphatic heterocycles. The van der Waals surface area contributed by atoms with Crippen molar-refractivity contribution in [1.29, 1.82) is 0 Å². The molecule has 7 heteroatoms. The van der Waals surface area contributed by atoms with Crippen molar-refractivity contribution in [3.05, 3.63) is 71.9 Å². The number of aromatic nitrogens is 2. The van der Waals surface area contributed by atoms with E-state index >= 15 is 0 Å². The van der Waals surface area contributed by atoms with Crippen LogP contribution in [0.1, 0.15) is 16.3 Å². The van der Waals surface area contributed by atoms with E-state index in [1.165, 1.54) is 24.3 Å². The quantitative estimate of drug-likeness (QED) is 0.728. The van der Waals surface area contributed by atoms with Gasteiger partial charge in [-0.1, -0.05) is 0 Å². The first-order valence-electron chi connectivity index (χ1n) is 7.87. The molecular weight excluding hydrogens is 335 g/mol. The Labute approximate surface area is 150 Å². The molecule has 6 nitrogen and oxygen atoms in total. The van der Waals surface area contributed by atoms with Gasteiger partial charge in [0, 0.05) is 17.4 Å². The predicted octanol–water partition coefficient (Wildman–Crippen LogP) is 3.93. The summed E-state index contributed by atoms with van der Waals surface area (Å²) in [6.07, 6.45) is 0. The minimum absolute atomic E-state index is 0.206. The van der Waals surface area contributed by atoms with Gasteiger partial charge in [0.25, 0.3) is 5.91 Å². The Morgan fingerprint density at radius 1 is 1.00 bits per heavy atom.